The second-order valence-corrected chi connectivity index (χ2v) is 13.3. The standard InChI is InChI=1S/C16H14Br4O2.C10H18O3/c1-5-11(17)9(12(18)6(2)15(5)21)10-13(19)7(3)16(22)8(4)14(10)20;1-9(2,7-5-11-7)13-10(3,4)8-6-12-8/h21-22H,1-4H3;7-8H,5-6H2,1-4H3. The Kier molecular flexibility index (Phi) is 8.85. The van der Waals surface area contributed by atoms with E-state index in [1.54, 1.807) is 0 Å². The minimum Gasteiger partial charge on any atom is -0.507 e. The minimum atomic E-state index is -0.185. The third-order valence-electron chi connectivity index (χ3n) is 6.61. The fourth-order valence-electron chi connectivity index (χ4n) is 4.07. The first kappa shape index (κ1) is 29.4. The molecule has 0 saturated carbocycles. The van der Waals surface area contributed by atoms with Crippen molar-refractivity contribution < 1.29 is 24.4 Å². The summed E-state index contributed by atoms with van der Waals surface area (Å²) in [7, 11) is 0. The van der Waals surface area contributed by atoms with Crippen molar-refractivity contribution in [3.05, 3.63) is 40.1 Å². The summed E-state index contributed by atoms with van der Waals surface area (Å²) in [5, 5.41) is 20.4. The zero-order valence-corrected chi connectivity index (χ0v) is 27.5. The lowest BCUT2D eigenvalue weighted by Gasteiger charge is -2.34. The van der Waals surface area contributed by atoms with Crippen LogP contribution >= 0.6 is 63.7 Å². The first-order valence-corrected chi connectivity index (χ1v) is 14.5. The molecule has 0 amide bonds. The van der Waals surface area contributed by atoms with Crippen LogP contribution in [-0.2, 0) is 14.2 Å². The van der Waals surface area contributed by atoms with Crippen molar-refractivity contribution in [1.29, 1.82) is 0 Å². The van der Waals surface area contributed by atoms with Gasteiger partial charge in [0.25, 0.3) is 0 Å². The van der Waals surface area contributed by atoms with Crippen LogP contribution in [0.2, 0.25) is 0 Å². The molecule has 0 aromatic heterocycles. The van der Waals surface area contributed by atoms with Gasteiger partial charge in [-0.1, -0.05) is 0 Å². The zero-order chi connectivity index (χ0) is 26.6. The molecule has 2 atom stereocenters. The summed E-state index contributed by atoms with van der Waals surface area (Å²) in [6.45, 7) is 17.4. The Morgan fingerprint density at radius 3 is 1.06 bits per heavy atom. The van der Waals surface area contributed by atoms with Gasteiger partial charge in [-0.05, 0) is 119 Å². The number of phenolic OH excluding ortho intramolecular Hbond substituents is 2. The Balaban J connectivity index is 0.000000223. The van der Waals surface area contributed by atoms with Gasteiger partial charge in [-0.25, -0.2) is 0 Å². The van der Waals surface area contributed by atoms with Gasteiger partial charge in [-0.3, -0.25) is 0 Å². The highest BCUT2D eigenvalue weighted by Crippen LogP contribution is 2.51. The molecule has 5 nitrogen and oxygen atoms in total. The topological polar surface area (TPSA) is 74.8 Å². The molecule has 2 heterocycles. The molecule has 2 aliphatic rings. The van der Waals surface area contributed by atoms with Crippen LogP contribution in [0.4, 0.5) is 0 Å². The average Bonchev–Trinajstić information content (AvgIpc) is 3.65. The third-order valence-corrected chi connectivity index (χ3v) is 10.6. The molecular weight excluding hydrogens is 712 g/mol. The van der Waals surface area contributed by atoms with Gasteiger partial charge in [0.15, 0.2) is 0 Å². The van der Waals surface area contributed by atoms with Crippen molar-refractivity contribution in [2.75, 3.05) is 13.2 Å². The van der Waals surface area contributed by atoms with Gasteiger partial charge in [-0.15, -0.1) is 0 Å². The molecule has 0 bridgehead atoms. The quantitative estimate of drug-likeness (QED) is 0.301. The monoisotopic (exact) mass is 740 g/mol. The van der Waals surface area contributed by atoms with E-state index in [0.717, 1.165) is 64.5 Å². The smallest absolute Gasteiger partial charge is 0.123 e. The summed E-state index contributed by atoms with van der Waals surface area (Å²) in [6, 6.07) is 0. The first-order chi connectivity index (χ1) is 16.0. The predicted octanol–water partition coefficient (Wildman–Crippen LogP) is 8.41. The number of hydrogen-bond donors (Lipinski definition) is 2. The Labute approximate surface area is 241 Å². The maximum atomic E-state index is 10.2. The number of phenols is 2. The summed E-state index contributed by atoms with van der Waals surface area (Å²) >= 11 is 14.4. The van der Waals surface area contributed by atoms with Crippen molar-refractivity contribution in [3.63, 3.8) is 0 Å². The van der Waals surface area contributed by atoms with Gasteiger partial charge in [-0.2, -0.15) is 0 Å². The average molecular weight is 744 g/mol. The Hall–Kier alpha value is -0.160. The molecule has 194 valence electrons. The van der Waals surface area contributed by atoms with Crippen LogP contribution in [0.15, 0.2) is 17.9 Å². The van der Waals surface area contributed by atoms with Crippen molar-refractivity contribution in [2.45, 2.75) is 78.8 Å². The Morgan fingerprint density at radius 1 is 0.629 bits per heavy atom. The number of aromatic hydroxyl groups is 2. The van der Waals surface area contributed by atoms with Crippen LogP contribution in [0.3, 0.4) is 0 Å². The van der Waals surface area contributed by atoms with Gasteiger partial charge in [0.05, 0.1) is 24.4 Å². The van der Waals surface area contributed by atoms with E-state index in [4.69, 9.17) is 14.2 Å². The lowest BCUT2D eigenvalue weighted by Crippen LogP contribution is -2.44. The van der Waals surface area contributed by atoms with Crippen molar-refractivity contribution in [3.8, 4) is 22.6 Å². The summed E-state index contributed by atoms with van der Waals surface area (Å²) in [6.07, 6.45) is 0.538. The molecule has 2 fully saturated rings. The van der Waals surface area contributed by atoms with E-state index in [2.05, 4.69) is 91.4 Å². The first-order valence-electron chi connectivity index (χ1n) is 11.3. The van der Waals surface area contributed by atoms with Crippen LogP contribution in [0.25, 0.3) is 11.1 Å². The number of rotatable bonds is 5. The van der Waals surface area contributed by atoms with Gasteiger partial charge >= 0.3 is 0 Å². The summed E-state index contributed by atoms with van der Waals surface area (Å²) in [4.78, 5) is 0. The molecule has 2 aromatic rings. The highest BCUT2D eigenvalue weighted by atomic mass is 79.9. The molecule has 2 unspecified atom stereocenters. The van der Waals surface area contributed by atoms with Crippen molar-refractivity contribution in [1.82, 2.24) is 0 Å². The molecule has 2 aliphatic heterocycles. The lowest BCUT2D eigenvalue weighted by molar-refractivity contribution is -0.142. The Bertz CT molecular complexity index is 1000. The summed E-state index contributed by atoms with van der Waals surface area (Å²) in [5.74, 6) is 0.531. The van der Waals surface area contributed by atoms with Gasteiger partial charge in [0.1, 0.15) is 23.7 Å². The van der Waals surface area contributed by atoms with E-state index in [9.17, 15) is 10.2 Å². The molecule has 4 rings (SSSR count). The van der Waals surface area contributed by atoms with E-state index in [1.807, 2.05) is 27.7 Å². The maximum Gasteiger partial charge on any atom is 0.123 e. The highest BCUT2D eigenvalue weighted by molar-refractivity contribution is 9.11. The van der Waals surface area contributed by atoms with Crippen LogP contribution in [-0.4, -0.2) is 46.8 Å². The molecule has 2 saturated heterocycles. The second kappa shape index (κ2) is 10.5. The van der Waals surface area contributed by atoms with E-state index >= 15 is 0 Å². The molecule has 2 aromatic carbocycles. The molecule has 0 spiro atoms. The van der Waals surface area contributed by atoms with Crippen LogP contribution < -0.4 is 0 Å². The van der Waals surface area contributed by atoms with E-state index in [0.29, 0.717) is 0 Å². The molecular formula is C26H32Br4O5. The van der Waals surface area contributed by atoms with Crippen LogP contribution in [0.5, 0.6) is 11.5 Å². The predicted molar refractivity (Wildman–Crippen MR) is 154 cm³/mol. The molecule has 0 aliphatic carbocycles. The van der Waals surface area contributed by atoms with Crippen LogP contribution in [0.1, 0.15) is 49.9 Å². The number of hydrogen-bond acceptors (Lipinski definition) is 5. The van der Waals surface area contributed by atoms with E-state index in [-0.39, 0.29) is 34.9 Å². The summed E-state index contributed by atoms with van der Waals surface area (Å²) in [5.41, 5.74) is 4.59. The van der Waals surface area contributed by atoms with Crippen LogP contribution in [0, 0.1) is 27.7 Å². The molecule has 35 heavy (non-hydrogen) atoms. The van der Waals surface area contributed by atoms with Crippen molar-refractivity contribution >= 4 is 63.7 Å². The molecule has 0 radical (unpaired) electrons. The number of ether oxygens (including phenoxy) is 3. The lowest BCUT2D eigenvalue weighted by atomic mass is 9.96. The third kappa shape index (κ3) is 5.96. The zero-order valence-electron chi connectivity index (χ0n) is 21.2. The minimum absolute atomic E-state index is 0.185. The van der Waals surface area contributed by atoms with Gasteiger partial charge < -0.3 is 24.4 Å². The second-order valence-electron chi connectivity index (χ2n) is 10.2. The van der Waals surface area contributed by atoms with E-state index < -0.39 is 0 Å². The fraction of sp³-hybridized carbons (Fsp3) is 0.538. The largest absolute Gasteiger partial charge is 0.507 e. The summed E-state index contributed by atoms with van der Waals surface area (Å²) < 4.78 is 19.8. The normalized spacial score (nSPS) is 19.3. The molecule has 2 N–H and O–H groups in total. The SMILES string of the molecule is CC(C)(OC(C)(C)C1CO1)C1CO1.Cc1c(O)c(C)c(Br)c(-c2c(Br)c(C)c(O)c(C)c2Br)c1Br. The maximum absolute atomic E-state index is 10.2. The van der Waals surface area contributed by atoms with Crippen molar-refractivity contribution in [2.24, 2.45) is 0 Å². The number of benzene rings is 2. The highest BCUT2D eigenvalue weighted by Gasteiger charge is 2.49. The fourth-order valence-corrected chi connectivity index (χ4v) is 6.94. The number of epoxide rings is 2. The van der Waals surface area contributed by atoms with Gasteiger partial charge in [0, 0.05) is 51.3 Å². The molecule has 9 heteroatoms. The van der Waals surface area contributed by atoms with Gasteiger partial charge in [0.2, 0.25) is 0 Å². The number of halogens is 4. The Morgan fingerprint density at radius 2 is 0.857 bits per heavy atom. The van der Waals surface area contributed by atoms with E-state index in [1.165, 1.54) is 0 Å².